The van der Waals surface area contributed by atoms with E-state index in [0.29, 0.717) is 11.4 Å². The number of hydrogen-bond acceptors (Lipinski definition) is 5. The molecule has 106 valence electrons. The van der Waals surface area contributed by atoms with Gasteiger partial charge in [0.1, 0.15) is 4.21 Å². The van der Waals surface area contributed by atoms with Crippen molar-refractivity contribution in [1.29, 1.82) is 0 Å². The summed E-state index contributed by atoms with van der Waals surface area (Å²) in [4.78, 5) is 11.2. The number of carboxylic acids is 1. The molecule has 2 rings (SSSR count). The lowest BCUT2D eigenvalue weighted by Gasteiger charge is -2.31. The molecule has 5 nitrogen and oxygen atoms in total. The van der Waals surface area contributed by atoms with Gasteiger partial charge in [0.25, 0.3) is 10.0 Å². The summed E-state index contributed by atoms with van der Waals surface area (Å²) in [5.74, 6) is 0.650. The summed E-state index contributed by atoms with van der Waals surface area (Å²) >= 11 is 2.80. The second-order valence-corrected chi connectivity index (χ2v) is 8.77. The van der Waals surface area contributed by atoms with Crippen LogP contribution < -0.4 is 0 Å². The zero-order valence-corrected chi connectivity index (χ0v) is 12.9. The van der Waals surface area contributed by atoms with Gasteiger partial charge < -0.3 is 5.11 Å². The van der Waals surface area contributed by atoms with Crippen molar-refractivity contribution < 1.29 is 18.3 Å². The SMILES string of the molecule is CC1CSCCN1S(=O)(=O)c1ccc(CC(=O)O)s1. The molecular formula is C11H15NO4S3. The third-order valence-electron chi connectivity index (χ3n) is 2.83. The quantitative estimate of drug-likeness (QED) is 0.909. The minimum atomic E-state index is -3.48. The summed E-state index contributed by atoms with van der Waals surface area (Å²) in [7, 11) is -3.48. The van der Waals surface area contributed by atoms with Crippen molar-refractivity contribution in [3.05, 3.63) is 17.0 Å². The first kappa shape index (κ1) is 14.8. The van der Waals surface area contributed by atoms with E-state index < -0.39 is 16.0 Å². The molecule has 19 heavy (non-hydrogen) atoms. The highest BCUT2D eigenvalue weighted by atomic mass is 32.2. The fourth-order valence-corrected chi connectivity index (χ4v) is 6.26. The fourth-order valence-electron chi connectivity index (χ4n) is 1.93. The number of aliphatic carboxylic acids is 1. The normalized spacial score (nSPS) is 21.4. The average molecular weight is 321 g/mol. The largest absolute Gasteiger partial charge is 0.481 e. The Labute approximate surface area is 120 Å². The van der Waals surface area contributed by atoms with Crippen LogP contribution in [0.3, 0.4) is 0 Å². The third-order valence-corrected chi connectivity index (χ3v) is 7.59. The number of thiophene rings is 1. The second kappa shape index (κ2) is 5.82. The van der Waals surface area contributed by atoms with Crippen LogP contribution in [0, 0.1) is 0 Å². The lowest BCUT2D eigenvalue weighted by molar-refractivity contribution is -0.136. The lowest BCUT2D eigenvalue weighted by Crippen LogP contribution is -2.44. The van der Waals surface area contributed by atoms with Crippen LogP contribution in [0.1, 0.15) is 11.8 Å². The van der Waals surface area contributed by atoms with Gasteiger partial charge in [0.05, 0.1) is 6.42 Å². The maximum Gasteiger partial charge on any atom is 0.308 e. The van der Waals surface area contributed by atoms with Crippen LogP contribution in [0.5, 0.6) is 0 Å². The van der Waals surface area contributed by atoms with E-state index in [1.807, 2.05) is 6.92 Å². The molecule has 0 aromatic carbocycles. The van der Waals surface area contributed by atoms with Crippen molar-refractivity contribution in [1.82, 2.24) is 4.31 Å². The monoisotopic (exact) mass is 321 g/mol. The molecule has 1 saturated heterocycles. The van der Waals surface area contributed by atoms with Gasteiger partial charge in [-0.15, -0.1) is 11.3 Å². The topological polar surface area (TPSA) is 74.7 Å². The van der Waals surface area contributed by atoms with Crippen molar-refractivity contribution in [2.45, 2.75) is 23.6 Å². The summed E-state index contributed by atoms with van der Waals surface area (Å²) in [6.07, 6.45) is -0.133. The standard InChI is InChI=1S/C11H15NO4S3/c1-8-7-17-5-4-12(8)19(15,16)11-3-2-9(18-11)6-10(13)14/h2-3,8H,4-7H2,1H3,(H,13,14). The molecule has 1 N–H and O–H groups in total. The van der Waals surface area contributed by atoms with Gasteiger partial charge in [0, 0.05) is 29.0 Å². The smallest absolute Gasteiger partial charge is 0.308 e. The van der Waals surface area contributed by atoms with Crippen molar-refractivity contribution >= 4 is 39.1 Å². The molecule has 0 aliphatic carbocycles. The van der Waals surface area contributed by atoms with Crippen LogP contribution in [0.25, 0.3) is 0 Å². The van der Waals surface area contributed by atoms with Crippen LogP contribution in [0.4, 0.5) is 0 Å². The van der Waals surface area contributed by atoms with Crippen molar-refractivity contribution in [2.24, 2.45) is 0 Å². The number of carbonyl (C=O) groups is 1. The van der Waals surface area contributed by atoms with E-state index in [1.165, 1.54) is 10.4 Å². The average Bonchev–Trinajstić information content (AvgIpc) is 2.77. The van der Waals surface area contributed by atoms with Gasteiger partial charge in [-0.3, -0.25) is 4.79 Å². The first-order valence-electron chi connectivity index (χ1n) is 5.81. The van der Waals surface area contributed by atoms with E-state index in [4.69, 9.17) is 5.11 Å². The molecule has 1 aromatic heterocycles. The summed E-state index contributed by atoms with van der Waals surface area (Å²) in [6, 6.07) is 3.07. The Balaban J connectivity index is 2.23. The first-order valence-corrected chi connectivity index (χ1v) is 9.22. The van der Waals surface area contributed by atoms with Gasteiger partial charge in [-0.05, 0) is 19.1 Å². The van der Waals surface area contributed by atoms with Gasteiger partial charge in [-0.1, -0.05) is 0 Å². The minimum absolute atomic E-state index is 0.0197. The maximum atomic E-state index is 12.5. The van der Waals surface area contributed by atoms with Crippen LogP contribution >= 0.6 is 23.1 Å². The van der Waals surface area contributed by atoms with Gasteiger partial charge in [-0.25, -0.2) is 8.42 Å². The minimum Gasteiger partial charge on any atom is -0.481 e. The molecule has 8 heteroatoms. The molecule has 1 atom stereocenters. The third kappa shape index (κ3) is 3.31. The number of nitrogens with zero attached hydrogens (tertiary/aromatic N) is 1. The van der Waals surface area contributed by atoms with Crippen LogP contribution in [0.2, 0.25) is 0 Å². The van der Waals surface area contributed by atoms with Crippen molar-refractivity contribution in [2.75, 3.05) is 18.1 Å². The second-order valence-electron chi connectivity index (χ2n) is 4.33. The zero-order chi connectivity index (χ0) is 14.0. The summed E-state index contributed by atoms with van der Waals surface area (Å²) in [6.45, 7) is 2.41. The highest BCUT2D eigenvalue weighted by Crippen LogP contribution is 2.29. The van der Waals surface area contributed by atoms with Gasteiger partial charge in [0.2, 0.25) is 0 Å². The van der Waals surface area contributed by atoms with Crippen LogP contribution in [-0.4, -0.2) is 47.9 Å². The molecule has 1 fully saturated rings. The Kier molecular flexibility index (Phi) is 4.54. The molecular weight excluding hydrogens is 306 g/mol. The van der Waals surface area contributed by atoms with E-state index in [0.717, 1.165) is 22.8 Å². The Bertz CT molecular complexity index is 566. The number of sulfonamides is 1. The number of rotatable bonds is 4. The summed E-state index contributed by atoms with van der Waals surface area (Å²) in [5, 5.41) is 8.71. The molecule has 0 saturated carbocycles. The predicted molar refractivity (Wildman–Crippen MR) is 76.3 cm³/mol. The van der Waals surface area contributed by atoms with Gasteiger partial charge in [0.15, 0.2) is 0 Å². The fraction of sp³-hybridized carbons (Fsp3) is 0.545. The lowest BCUT2D eigenvalue weighted by atomic mass is 10.3. The highest BCUT2D eigenvalue weighted by molar-refractivity contribution is 7.99. The number of hydrogen-bond donors (Lipinski definition) is 1. The maximum absolute atomic E-state index is 12.5. The number of carboxylic acid groups (broad SMARTS) is 1. The Morgan fingerprint density at radius 1 is 1.53 bits per heavy atom. The molecule has 1 aromatic rings. The molecule has 0 radical (unpaired) electrons. The molecule has 1 unspecified atom stereocenters. The van der Waals surface area contributed by atoms with Crippen LogP contribution in [0.15, 0.2) is 16.3 Å². The van der Waals surface area contributed by atoms with Gasteiger partial charge in [-0.2, -0.15) is 16.1 Å². The van der Waals surface area contributed by atoms with E-state index in [-0.39, 0.29) is 16.7 Å². The molecule has 0 bridgehead atoms. The van der Waals surface area contributed by atoms with Gasteiger partial charge >= 0.3 is 5.97 Å². The van der Waals surface area contributed by atoms with Crippen molar-refractivity contribution in [3.63, 3.8) is 0 Å². The Morgan fingerprint density at radius 3 is 2.89 bits per heavy atom. The van der Waals surface area contributed by atoms with Crippen LogP contribution in [-0.2, 0) is 21.2 Å². The van der Waals surface area contributed by atoms with E-state index in [9.17, 15) is 13.2 Å². The molecule has 1 aliphatic rings. The Morgan fingerprint density at radius 2 is 2.26 bits per heavy atom. The van der Waals surface area contributed by atoms with Crippen molar-refractivity contribution in [3.8, 4) is 0 Å². The number of thioether (sulfide) groups is 1. The summed E-state index contributed by atoms with van der Waals surface area (Å²) in [5.41, 5.74) is 0. The first-order chi connectivity index (χ1) is 8.91. The molecule has 0 amide bonds. The molecule has 0 spiro atoms. The van der Waals surface area contributed by atoms with E-state index in [2.05, 4.69) is 0 Å². The Hall–Kier alpha value is -0.570. The van der Waals surface area contributed by atoms with E-state index >= 15 is 0 Å². The predicted octanol–water partition coefficient (Wildman–Crippen LogP) is 1.50. The highest BCUT2D eigenvalue weighted by Gasteiger charge is 2.32. The summed E-state index contributed by atoms with van der Waals surface area (Å²) < 4.78 is 26.7. The molecule has 2 heterocycles. The zero-order valence-electron chi connectivity index (χ0n) is 10.4. The van der Waals surface area contributed by atoms with E-state index in [1.54, 1.807) is 17.8 Å². The molecule has 1 aliphatic heterocycles.